The molecule has 2 aromatic rings. The lowest BCUT2D eigenvalue weighted by Crippen LogP contribution is -2.58. The Kier molecular flexibility index (Phi) is 6.99. The second-order valence-corrected chi connectivity index (χ2v) is 12.0. The summed E-state index contributed by atoms with van der Waals surface area (Å²) in [5, 5.41) is 2.70. The lowest BCUT2D eigenvalue weighted by molar-refractivity contribution is -0.155. The summed E-state index contributed by atoms with van der Waals surface area (Å²) in [6.45, 7) is 4.93. The molecule has 2 amide bonds. The first kappa shape index (κ1) is 26.6. The summed E-state index contributed by atoms with van der Waals surface area (Å²) in [5.41, 5.74) is -0.0518. The molecule has 3 aliphatic rings. The second kappa shape index (κ2) is 9.97. The Bertz CT molecular complexity index is 1370. The molecule has 12 heteroatoms. The molecule has 1 aromatic carbocycles. The maximum atomic E-state index is 13.7. The Morgan fingerprint density at radius 2 is 2.11 bits per heavy atom. The molecule has 2 fully saturated rings. The molecule has 0 radical (unpaired) electrons. The van der Waals surface area contributed by atoms with Gasteiger partial charge in [-0.05, 0) is 56.4 Å². The predicted octanol–water partition coefficient (Wildman–Crippen LogP) is 2.57. The zero-order chi connectivity index (χ0) is 27.2. The van der Waals surface area contributed by atoms with Crippen molar-refractivity contribution in [2.45, 2.75) is 56.1 Å². The third-order valence-corrected chi connectivity index (χ3v) is 9.34. The van der Waals surface area contributed by atoms with Crippen molar-refractivity contribution in [2.24, 2.45) is 13.0 Å². The number of rotatable bonds is 4. The van der Waals surface area contributed by atoms with Crippen LogP contribution in [0.1, 0.15) is 48.7 Å². The minimum atomic E-state index is -4.02. The van der Waals surface area contributed by atoms with Gasteiger partial charge in [0.25, 0.3) is 11.8 Å². The molecule has 5 rings (SSSR count). The van der Waals surface area contributed by atoms with Crippen molar-refractivity contribution in [2.75, 3.05) is 31.6 Å². The number of nitrogens with zero attached hydrogens (tertiary/aromatic N) is 2. The van der Waals surface area contributed by atoms with Gasteiger partial charge in [0.1, 0.15) is 16.3 Å². The van der Waals surface area contributed by atoms with Gasteiger partial charge in [0.15, 0.2) is 11.4 Å². The minimum absolute atomic E-state index is 0.0267. The van der Waals surface area contributed by atoms with Crippen molar-refractivity contribution in [3.05, 3.63) is 41.5 Å². The number of carbonyl (C=O) groups is 2. The minimum Gasteiger partial charge on any atom is -0.489 e. The van der Waals surface area contributed by atoms with Crippen molar-refractivity contribution in [1.29, 1.82) is 0 Å². The number of hydrogen-bond donors (Lipinski definition) is 2. The summed E-state index contributed by atoms with van der Waals surface area (Å²) in [5.74, 6) is -1.41. The largest absolute Gasteiger partial charge is 0.489 e. The number of aryl methyl sites for hydroxylation is 2. The number of amides is 2. The van der Waals surface area contributed by atoms with E-state index in [1.54, 1.807) is 18.9 Å². The fraction of sp³-hybridized carbons (Fsp3) is 0.538. The normalized spacial score (nSPS) is 26.5. The average Bonchev–Trinajstić information content (AvgIpc) is 3.50. The molecule has 1 aromatic heterocycles. The van der Waals surface area contributed by atoms with Crippen molar-refractivity contribution >= 4 is 27.5 Å². The number of halogens is 1. The van der Waals surface area contributed by atoms with E-state index in [2.05, 4.69) is 10.0 Å². The highest BCUT2D eigenvalue weighted by Gasteiger charge is 2.46. The van der Waals surface area contributed by atoms with Crippen LogP contribution in [0.2, 0.25) is 0 Å². The second-order valence-electron chi connectivity index (χ2n) is 10.3. The van der Waals surface area contributed by atoms with Gasteiger partial charge in [0.05, 0.1) is 6.61 Å². The van der Waals surface area contributed by atoms with Crippen molar-refractivity contribution in [3.8, 4) is 5.75 Å². The molecule has 4 heterocycles. The summed E-state index contributed by atoms with van der Waals surface area (Å²) >= 11 is 0. The van der Waals surface area contributed by atoms with E-state index in [9.17, 15) is 22.4 Å². The zero-order valence-electron chi connectivity index (χ0n) is 21.8. The molecule has 0 bridgehead atoms. The van der Waals surface area contributed by atoms with E-state index in [0.717, 1.165) is 6.42 Å². The summed E-state index contributed by atoms with van der Waals surface area (Å²) < 4.78 is 56.5. The Balaban J connectivity index is 1.40. The van der Waals surface area contributed by atoms with Crippen molar-refractivity contribution < 1.29 is 31.9 Å². The summed E-state index contributed by atoms with van der Waals surface area (Å²) in [4.78, 5) is 28.3. The SMILES string of the molecule is CCC1(C(=O)N2CCC3NS(=O)(=O)c4cn(C)c(C(=O)Nc5ccc(F)c(C)c5)c4OCC3C2)CCCO1. The number of fused-ring (bicyclic) bond motifs is 2. The van der Waals surface area contributed by atoms with Crippen LogP contribution in [-0.2, 0) is 26.6 Å². The Morgan fingerprint density at radius 3 is 2.79 bits per heavy atom. The van der Waals surface area contributed by atoms with Gasteiger partial charge in [0.2, 0.25) is 10.0 Å². The number of likely N-dealkylation sites (tertiary alicyclic amines) is 1. The number of carbonyl (C=O) groups excluding carboxylic acids is 2. The fourth-order valence-corrected chi connectivity index (χ4v) is 7.19. The van der Waals surface area contributed by atoms with Crippen LogP contribution in [0.25, 0.3) is 0 Å². The van der Waals surface area contributed by atoms with Gasteiger partial charge in [-0.3, -0.25) is 9.59 Å². The quantitative estimate of drug-likeness (QED) is 0.606. The molecule has 3 aliphatic heterocycles. The first-order valence-corrected chi connectivity index (χ1v) is 14.4. The third-order valence-electron chi connectivity index (χ3n) is 7.86. The molecule has 0 aliphatic carbocycles. The number of piperidine rings is 1. The number of aromatic nitrogens is 1. The standard InChI is InChI=1S/C26H33FN4O6S/c1-4-26(9-5-11-37-26)25(33)31-10-8-20-17(13-31)15-36-23-21(38(34,35)29-20)14-30(3)22(23)24(32)28-18-6-7-19(27)16(2)12-18/h6-7,12,14,17,20,29H,4-5,8-11,13,15H2,1-3H3,(H,28,32). The van der Waals surface area contributed by atoms with E-state index < -0.39 is 33.4 Å². The lowest BCUT2D eigenvalue weighted by Gasteiger charge is -2.42. The zero-order valence-corrected chi connectivity index (χ0v) is 22.6. The number of sulfonamides is 1. The molecule has 38 heavy (non-hydrogen) atoms. The molecular weight excluding hydrogens is 515 g/mol. The van der Waals surface area contributed by atoms with Gasteiger partial charge in [-0.1, -0.05) is 6.92 Å². The summed E-state index contributed by atoms with van der Waals surface area (Å²) in [6, 6.07) is 3.76. The van der Waals surface area contributed by atoms with E-state index in [1.807, 2.05) is 6.92 Å². The van der Waals surface area contributed by atoms with Crippen LogP contribution in [0.4, 0.5) is 10.1 Å². The van der Waals surface area contributed by atoms with E-state index >= 15 is 0 Å². The van der Waals surface area contributed by atoms with Crippen LogP contribution < -0.4 is 14.8 Å². The molecule has 2 N–H and O–H groups in total. The molecule has 0 spiro atoms. The Labute approximate surface area is 221 Å². The Morgan fingerprint density at radius 1 is 1.32 bits per heavy atom. The summed E-state index contributed by atoms with van der Waals surface area (Å²) in [7, 11) is -2.45. The molecule has 3 unspecified atom stereocenters. The molecule has 2 saturated heterocycles. The van der Waals surface area contributed by atoms with Gasteiger partial charge in [-0.15, -0.1) is 0 Å². The topological polar surface area (TPSA) is 119 Å². The smallest absolute Gasteiger partial charge is 0.276 e. The van der Waals surface area contributed by atoms with Gasteiger partial charge in [-0.2, -0.15) is 0 Å². The maximum Gasteiger partial charge on any atom is 0.276 e. The average molecular weight is 549 g/mol. The van der Waals surface area contributed by atoms with Crippen LogP contribution in [0.15, 0.2) is 29.3 Å². The molecule has 0 saturated carbocycles. The van der Waals surface area contributed by atoms with Crippen LogP contribution in [0, 0.1) is 18.7 Å². The number of hydrogen-bond acceptors (Lipinski definition) is 6. The predicted molar refractivity (Wildman–Crippen MR) is 137 cm³/mol. The highest BCUT2D eigenvalue weighted by Crippen LogP contribution is 2.36. The number of benzene rings is 1. The molecule has 206 valence electrons. The van der Waals surface area contributed by atoms with Crippen molar-refractivity contribution in [1.82, 2.24) is 14.2 Å². The van der Waals surface area contributed by atoms with Gasteiger partial charge >= 0.3 is 0 Å². The monoisotopic (exact) mass is 548 g/mol. The van der Waals surface area contributed by atoms with Crippen LogP contribution >= 0.6 is 0 Å². The first-order valence-electron chi connectivity index (χ1n) is 12.9. The van der Waals surface area contributed by atoms with E-state index in [-0.39, 0.29) is 34.8 Å². The number of anilines is 1. The maximum absolute atomic E-state index is 13.7. The lowest BCUT2D eigenvalue weighted by atomic mass is 9.89. The molecule has 10 nitrogen and oxygen atoms in total. The van der Waals surface area contributed by atoms with E-state index in [1.165, 1.54) is 29.0 Å². The van der Waals surface area contributed by atoms with Gasteiger partial charge in [-0.25, -0.2) is 17.5 Å². The highest BCUT2D eigenvalue weighted by molar-refractivity contribution is 7.89. The molecule has 3 atom stereocenters. The van der Waals surface area contributed by atoms with Crippen LogP contribution in [0.3, 0.4) is 0 Å². The fourth-order valence-electron chi connectivity index (χ4n) is 5.66. The number of nitrogens with one attached hydrogen (secondary N) is 2. The number of ether oxygens (including phenoxy) is 2. The molecular formula is C26H33FN4O6S. The van der Waals surface area contributed by atoms with E-state index in [0.29, 0.717) is 50.2 Å². The highest BCUT2D eigenvalue weighted by atomic mass is 32.2. The van der Waals surface area contributed by atoms with Gasteiger partial charge in [0, 0.05) is 50.6 Å². The first-order chi connectivity index (χ1) is 18.0. The Hall–Kier alpha value is -2.96. The summed E-state index contributed by atoms with van der Waals surface area (Å²) in [6.07, 6.45) is 3.89. The third kappa shape index (κ3) is 4.69. The van der Waals surface area contributed by atoms with E-state index in [4.69, 9.17) is 9.47 Å². The van der Waals surface area contributed by atoms with Crippen LogP contribution in [-0.4, -0.2) is 67.6 Å². The van der Waals surface area contributed by atoms with Gasteiger partial charge < -0.3 is 24.3 Å². The van der Waals surface area contributed by atoms with Crippen LogP contribution in [0.5, 0.6) is 5.75 Å². The van der Waals surface area contributed by atoms with Crippen molar-refractivity contribution in [3.63, 3.8) is 0 Å².